The zero-order valence-electron chi connectivity index (χ0n) is 31.2. The first kappa shape index (κ1) is 39.4. The first-order valence-electron chi connectivity index (χ1n) is 19.3. The molecule has 3 amide bonds. The number of unbranched alkanes of at least 4 members (excludes halogenated alkanes) is 4. The van der Waals surface area contributed by atoms with Gasteiger partial charge in [-0.15, -0.1) is 0 Å². The number of furan rings is 1. The topological polar surface area (TPSA) is 166 Å². The largest absolute Gasteiger partial charge is 0.452 e. The number of benzene rings is 2. The van der Waals surface area contributed by atoms with Gasteiger partial charge in [0, 0.05) is 29.8 Å². The van der Waals surface area contributed by atoms with Gasteiger partial charge >= 0.3 is 6.18 Å². The number of carbonyl (C=O) groups is 3. The number of likely N-dealkylation sites (tertiary alicyclic amines) is 1. The smallest absolute Gasteiger partial charge is 0.416 e. The molecule has 3 heterocycles. The molecule has 3 N–H and O–H groups in total. The summed E-state index contributed by atoms with van der Waals surface area (Å²) in [6, 6.07) is 11.4. The molecule has 0 radical (unpaired) electrons. The molecule has 1 saturated heterocycles. The lowest BCUT2D eigenvalue weighted by atomic mass is 9.98. The lowest BCUT2D eigenvalue weighted by molar-refractivity contribution is -0.137. The molecule has 0 spiro atoms. The molecular formula is C41H46F3N5O6S. The fourth-order valence-corrected chi connectivity index (χ4v) is 8.89. The second kappa shape index (κ2) is 15.6. The monoisotopic (exact) mass is 793 g/mol. The number of aromatic nitrogens is 2. The standard InChI is InChI=1S/C41H46F3N5O6S/c1-40(20-21-40)56(53,54)48-39(52)30-23-27(30)10-6-4-2-3-5-7-13-34(50)49-24-25(22-32(49)37(45)51)14-19-31-36-35(29-11-8-9-12-33(29)55-36)47-38(46-31)26-15-17-28(18-16-26)41(42,43)44/h6,8-12,15-18,25,27,30,32H,2-5,7,13-14,19-24H2,1H3,(H2,45,51)(H,48,52)/b10-6-/t25-,27+,30-,32-/m0/s1. The van der Waals surface area contributed by atoms with E-state index < -0.39 is 44.4 Å². The van der Waals surface area contributed by atoms with E-state index in [0.717, 1.165) is 43.2 Å². The lowest BCUT2D eigenvalue weighted by Crippen LogP contribution is -2.43. The number of hydrogen-bond acceptors (Lipinski definition) is 8. The third-order valence-corrected chi connectivity index (χ3v) is 13.7. The number of nitrogens with one attached hydrogen (secondary N) is 1. The number of nitrogens with two attached hydrogens (primary N) is 1. The second-order valence-corrected chi connectivity index (χ2v) is 18.0. The van der Waals surface area contributed by atoms with E-state index in [1.807, 2.05) is 36.4 Å². The SMILES string of the molecule is CC1(S(=O)(=O)NC(=O)[C@H]2C[C@H]2/C=C\CCCCCCC(=O)N2C[C@@H](CCc3nc(-c4ccc(C(F)(F)F)cc4)nc4c3oc3ccccc34)C[C@H]2C(N)=O)CC1. The molecule has 2 aromatic carbocycles. The van der Waals surface area contributed by atoms with E-state index in [0.29, 0.717) is 85.9 Å². The highest BCUT2D eigenvalue weighted by Gasteiger charge is 2.52. The zero-order chi connectivity index (χ0) is 39.8. The van der Waals surface area contributed by atoms with E-state index in [9.17, 15) is 36.0 Å². The fourth-order valence-electron chi connectivity index (χ4n) is 7.58. The van der Waals surface area contributed by atoms with Crippen LogP contribution in [0.4, 0.5) is 13.2 Å². The van der Waals surface area contributed by atoms with Crippen LogP contribution in [-0.2, 0) is 37.0 Å². The van der Waals surface area contributed by atoms with E-state index in [2.05, 4.69) is 4.72 Å². The van der Waals surface area contributed by atoms with Gasteiger partial charge in [-0.2, -0.15) is 13.2 Å². The van der Waals surface area contributed by atoms with Crippen molar-refractivity contribution in [2.24, 2.45) is 23.5 Å². The van der Waals surface area contributed by atoms with Gasteiger partial charge in [0.15, 0.2) is 11.4 Å². The molecule has 0 unspecified atom stereocenters. The van der Waals surface area contributed by atoms with Crippen LogP contribution in [0.5, 0.6) is 0 Å². The predicted molar refractivity (Wildman–Crippen MR) is 204 cm³/mol. The summed E-state index contributed by atoms with van der Waals surface area (Å²) in [5, 5.41) is 0.759. The molecule has 2 aliphatic carbocycles. The summed E-state index contributed by atoms with van der Waals surface area (Å²) >= 11 is 0. The predicted octanol–water partition coefficient (Wildman–Crippen LogP) is 7.23. The van der Waals surface area contributed by atoms with Gasteiger partial charge in [-0.05, 0) is 101 Å². The Morgan fingerprint density at radius 1 is 1.02 bits per heavy atom. The summed E-state index contributed by atoms with van der Waals surface area (Å²) < 4.78 is 72.0. The van der Waals surface area contributed by atoms with Crippen molar-refractivity contribution in [2.45, 2.75) is 101 Å². The number of primary amides is 1. The van der Waals surface area contributed by atoms with Crippen molar-refractivity contribution in [3.8, 4) is 11.4 Å². The third-order valence-electron chi connectivity index (χ3n) is 11.5. The van der Waals surface area contributed by atoms with Crippen molar-refractivity contribution in [3.05, 3.63) is 71.9 Å². The number of alkyl halides is 3. The minimum Gasteiger partial charge on any atom is -0.452 e. The van der Waals surface area contributed by atoms with Crippen LogP contribution in [0, 0.1) is 17.8 Å². The molecule has 3 aliphatic rings. The summed E-state index contributed by atoms with van der Waals surface area (Å²) in [6.45, 7) is 2.03. The van der Waals surface area contributed by atoms with Crippen molar-refractivity contribution in [1.29, 1.82) is 0 Å². The van der Waals surface area contributed by atoms with Crippen LogP contribution in [0.3, 0.4) is 0 Å². The molecule has 56 heavy (non-hydrogen) atoms. The number of sulfonamides is 1. The molecule has 2 aromatic heterocycles. The summed E-state index contributed by atoms with van der Waals surface area (Å²) in [4.78, 5) is 49.2. The molecule has 15 heteroatoms. The van der Waals surface area contributed by atoms with Crippen molar-refractivity contribution >= 4 is 49.8 Å². The highest BCUT2D eigenvalue weighted by Crippen LogP contribution is 2.44. The lowest BCUT2D eigenvalue weighted by Gasteiger charge is -2.22. The third kappa shape index (κ3) is 8.62. The second-order valence-electron chi connectivity index (χ2n) is 15.8. The molecule has 2 saturated carbocycles. The maximum absolute atomic E-state index is 13.3. The number of hydrogen-bond donors (Lipinski definition) is 2. The molecule has 0 bridgehead atoms. The van der Waals surface area contributed by atoms with Crippen LogP contribution >= 0.6 is 0 Å². The Hall–Kier alpha value is -4.79. The molecular weight excluding hydrogens is 748 g/mol. The first-order valence-corrected chi connectivity index (χ1v) is 20.8. The van der Waals surface area contributed by atoms with Gasteiger partial charge in [0.05, 0.1) is 16.0 Å². The van der Waals surface area contributed by atoms with Gasteiger partial charge in [0.1, 0.15) is 17.1 Å². The van der Waals surface area contributed by atoms with E-state index in [4.69, 9.17) is 20.1 Å². The van der Waals surface area contributed by atoms with Gasteiger partial charge in [0.2, 0.25) is 27.7 Å². The minimum absolute atomic E-state index is 0.0322. The number of carbonyl (C=O) groups excluding carboxylic acids is 3. The Morgan fingerprint density at radius 3 is 2.46 bits per heavy atom. The van der Waals surface area contributed by atoms with Crippen LogP contribution in [0.25, 0.3) is 33.5 Å². The Bertz CT molecular complexity index is 2270. The normalized spacial score (nSPS) is 21.9. The van der Waals surface area contributed by atoms with Crippen LogP contribution < -0.4 is 10.5 Å². The van der Waals surface area contributed by atoms with Gasteiger partial charge in [-0.3, -0.25) is 19.1 Å². The van der Waals surface area contributed by atoms with Gasteiger partial charge in [-0.1, -0.05) is 49.3 Å². The average Bonchev–Trinajstić information content (AvgIpc) is 4.03. The molecule has 3 fully saturated rings. The van der Waals surface area contributed by atoms with Crippen molar-refractivity contribution in [3.63, 3.8) is 0 Å². The Labute approximate surface area is 323 Å². The maximum atomic E-state index is 13.3. The van der Waals surface area contributed by atoms with E-state index >= 15 is 0 Å². The van der Waals surface area contributed by atoms with Gasteiger partial charge < -0.3 is 15.1 Å². The van der Waals surface area contributed by atoms with Crippen LogP contribution in [0.2, 0.25) is 0 Å². The fraction of sp³-hybridized carbons (Fsp3) is 0.488. The number of amides is 3. The quantitative estimate of drug-likeness (QED) is 0.0886. The van der Waals surface area contributed by atoms with Crippen LogP contribution in [0.15, 0.2) is 65.1 Å². The van der Waals surface area contributed by atoms with Gasteiger partial charge in [0.25, 0.3) is 0 Å². The number of para-hydroxylation sites is 1. The highest BCUT2D eigenvalue weighted by molar-refractivity contribution is 7.91. The van der Waals surface area contributed by atoms with Crippen molar-refractivity contribution < 1.29 is 40.4 Å². The van der Waals surface area contributed by atoms with Crippen LogP contribution in [0.1, 0.15) is 88.8 Å². The summed E-state index contributed by atoms with van der Waals surface area (Å²) in [7, 11) is -3.62. The highest BCUT2D eigenvalue weighted by atomic mass is 32.2. The van der Waals surface area contributed by atoms with Crippen molar-refractivity contribution in [1.82, 2.24) is 19.6 Å². The number of aryl methyl sites for hydroxylation is 1. The first-order chi connectivity index (χ1) is 26.6. The Balaban J connectivity index is 0.893. The Morgan fingerprint density at radius 2 is 1.75 bits per heavy atom. The number of fused-ring (bicyclic) bond motifs is 3. The summed E-state index contributed by atoms with van der Waals surface area (Å²) in [5.41, 5.74) is 7.68. The number of allylic oxidation sites excluding steroid dienone is 2. The Kier molecular flexibility index (Phi) is 11.0. The molecule has 4 aromatic rings. The van der Waals surface area contributed by atoms with E-state index in [1.165, 1.54) is 12.1 Å². The number of halogens is 3. The molecule has 1 aliphatic heterocycles. The summed E-state index contributed by atoms with van der Waals surface area (Å²) in [5.74, 6) is -1.06. The number of nitrogens with zero attached hydrogens (tertiary/aromatic N) is 3. The van der Waals surface area contributed by atoms with E-state index in [-0.39, 0.29) is 29.5 Å². The minimum atomic E-state index is -4.47. The average molecular weight is 794 g/mol. The molecule has 11 nitrogen and oxygen atoms in total. The maximum Gasteiger partial charge on any atom is 0.416 e. The molecule has 7 rings (SSSR count). The van der Waals surface area contributed by atoms with E-state index in [1.54, 1.807) is 11.8 Å². The summed E-state index contributed by atoms with van der Waals surface area (Å²) in [6.07, 6.45) is 7.25. The molecule has 4 atom stereocenters. The van der Waals surface area contributed by atoms with Crippen molar-refractivity contribution in [2.75, 3.05) is 6.54 Å². The zero-order valence-corrected chi connectivity index (χ0v) is 32.0. The van der Waals surface area contributed by atoms with Crippen LogP contribution in [-0.4, -0.2) is 58.3 Å². The van der Waals surface area contributed by atoms with Gasteiger partial charge in [-0.25, -0.2) is 18.4 Å². The molecule has 298 valence electrons. The number of rotatable bonds is 16.